The van der Waals surface area contributed by atoms with Gasteiger partial charge in [-0.15, -0.1) is 0 Å². The highest BCUT2D eigenvalue weighted by Gasteiger charge is 2.21. The van der Waals surface area contributed by atoms with Gasteiger partial charge in [0.15, 0.2) is 6.61 Å². The Bertz CT molecular complexity index is 621. The lowest BCUT2D eigenvalue weighted by Gasteiger charge is -2.20. The molecule has 3 rings (SSSR count). The van der Waals surface area contributed by atoms with E-state index >= 15 is 0 Å². The van der Waals surface area contributed by atoms with Gasteiger partial charge in [-0.1, -0.05) is 46.2 Å². The summed E-state index contributed by atoms with van der Waals surface area (Å²) in [5.74, 6) is 2.08. The van der Waals surface area contributed by atoms with Crippen LogP contribution < -0.4 is 10.1 Å². The van der Waals surface area contributed by atoms with Gasteiger partial charge in [-0.25, -0.2) is 0 Å². The third-order valence-corrected chi connectivity index (χ3v) is 7.66. The Kier molecular flexibility index (Phi) is 7.55. The molecule has 1 saturated heterocycles. The third kappa shape index (κ3) is 5.84. The monoisotopic (exact) mass is 394 g/mol. The van der Waals surface area contributed by atoms with Gasteiger partial charge in [0.25, 0.3) is 5.91 Å². The number of amides is 2. The molecular weight excluding hydrogens is 368 g/mol. The number of nitrogens with zero attached hydrogens (tertiary/aromatic N) is 1. The smallest absolute Gasteiger partial charge is 0.260 e. The zero-order valence-corrected chi connectivity index (χ0v) is 16.6. The molecule has 2 heterocycles. The van der Waals surface area contributed by atoms with E-state index in [1.54, 1.807) is 4.90 Å². The van der Waals surface area contributed by atoms with E-state index in [0.717, 1.165) is 29.4 Å². The van der Waals surface area contributed by atoms with Crippen molar-refractivity contribution in [2.45, 2.75) is 43.9 Å². The number of carbonyl (C=O) groups is 2. The summed E-state index contributed by atoms with van der Waals surface area (Å²) >= 11 is 0. The van der Waals surface area contributed by atoms with Crippen molar-refractivity contribution in [3.8, 4) is 5.75 Å². The van der Waals surface area contributed by atoms with Crippen molar-refractivity contribution in [2.24, 2.45) is 0 Å². The Balaban J connectivity index is 1.33. The van der Waals surface area contributed by atoms with Crippen molar-refractivity contribution in [1.29, 1.82) is 0 Å². The van der Waals surface area contributed by atoms with Crippen LogP contribution in [0.15, 0.2) is 24.3 Å². The van der Waals surface area contributed by atoms with Gasteiger partial charge in [0.2, 0.25) is 5.91 Å². The Morgan fingerprint density at radius 1 is 1.31 bits per heavy atom. The maximum Gasteiger partial charge on any atom is 0.260 e. The van der Waals surface area contributed by atoms with Crippen molar-refractivity contribution in [2.75, 3.05) is 25.4 Å². The minimum Gasteiger partial charge on any atom is -0.483 e. The van der Waals surface area contributed by atoms with Crippen LogP contribution in [-0.2, 0) is 16.1 Å². The van der Waals surface area contributed by atoms with Crippen LogP contribution in [0.25, 0.3) is 0 Å². The van der Waals surface area contributed by atoms with Crippen LogP contribution in [0.3, 0.4) is 0 Å². The molecule has 142 valence electrons. The van der Waals surface area contributed by atoms with Crippen molar-refractivity contribution in [3.63, 3.8) is 0 Å². The lowest BCUT2D eigenvalue weighted by Crippen LogP contribution is -2.39. The molecule has 0 aromatic heterocycles. The SMILES string of the molecule is O=C(CCCC[C@H]1CCSS1)NCCN1Cc2ccccc2OCC1=O. The number of hydrogen-bond donors (Lipinski definition) is 1. The van der Waals surface area contributed by atoms with E-state index in [9.17, 15) is 9.59 Å². The van der Waals surface area contributed by atoms with Gasteiger partial charge >= 0.3 is 0 Å². The largest absolute Gasteiger partial charge is 0.483 e. The summed E-state index contributed by atoms with van der Waals surface area (Å²) < 4.78 is 5.54. The number of carbonyl (C=O) groups excluding carboxylic acids is 2. The van der Waals surface area contributed by atoms with E-state index in [-0.39, 0.29) is 18.4 Å². The quantitative estimate of drug-likeness (QED) is 0.542. The standard InChI is InChI=1S/C19H26N2O3S2/c22-18(8-4-2-6-16-9-12-25-26-16)20-10-11-21-13-15-5-1-3-7-17(15)24-14-19(21)23/h1,3,5,7,16H,2,4,6,8-14H2,(H,20,22)/t16-/m0/s1. The third-order valence-electron chi connectivity index (χ3n) is 4.65. The second-order valence-electron chi connectivity index (χ2n) is 6.64. The zero-order valence-electron chi connectivity index (χ0n) is 14.9. The maximum absolute atomic E-state index is 12.2. The van der Waals surface area contributed by atoms with Crippen molar-refractivity contribution in [3.05, 3.63) is 29.8 Å². The molecule has 1 aromatic carbocycles. The normalized spacial score (nSPS) is 19.6. The van der Waals surface area contributed by atoms with Crippen LogP contribution in [-0.4, -0.2) is 47.4 Å². The van der Waals surface area contributed by atoms with Crippen LogP contribution in [0.4, 0.5) is 0 Å². The number of para-hydroxylation sites is 1. The number of hydrogen-bond acceptors (Lipinski definition) is 5. The molecule has 2 amide bonds. The van der Waals surface area contributed by atoms with Crippen LogP contribution in [0.1, 0.15) is 37.7 Å². The minimum atomic E-state index is -0.0395. The second-order valence-corrected chi connectivity index (χ2v) is 9.42. The lowest BCUT2D eigenvalue weighted by atomic mass is 10.1. The molecule has 1 N–H and O–H groups in total. The van der Waals surface area contributed by atoms with Gasteiger partial charge in [-0.2, -0.15) is 0 Å². The van der Waals surface area contributed by atoms with Crippen LogP contribution in [0.2, 0.25) is 0 Å². The van der Waals surface area contributed by atoms with Gasteiger partial charge in [-0.3, -0.25) is 9.59 Å². The second kappa shape index (κ2) is 10.1. The first-order valence-corrected chi connectivity index (χ1v) is 11.6. The number of fused-ring (bicyclic) bond motifs is 1. The molecule has 2 aliphatic rings. The summed E-state index contributed by atoms with van der Waals surface area (Å²) in [5.41, 5.74) is 1.01. The molecule has 0 aliphatic carbocycles. The maximum atomic E-state index is 12.2. The summed E-state index contributed by atoms with van der Waals surface area (Å²) in [6.07, 6.45) is 5.15. The molecule has 5 nitrogen and oxygen atoms in total. The molecule has 7 heteroatoms. The topological polar surface area (TPSA) is 58.6 Å². The van der Waals surface area contributed by atoms with Gasteiger partial charge in [0.1, 0.15) is 5.75 Å². The summed E-state index contributed by atoms with van der Waals surface area (Å²) in [4.78, 5) is 25.9. The van der Waals surface area contributed by atoms with Gasteiger partial charge in [0.05, 0.1) is 0 Å². The average molecular weight is 395 g/mol. The predicted molar refractivity (Wildman–Crippen MR) is 107 cm³/mol. The Morgan fingerprint density at radius 3 is 3.04 bits per heavy atom. The first kappa shape index (κ1) is 19.4. The van der Waals surface area contributed by atoms with Gasteiger partial charge in [-0.05, 0) is 25.3 Å². The van der Waals surface area contributed by atoms with E-state index in [0.29, 0.717) is 26.1 Å². The molecule has 0 radical (unpaired) electrons. The molecule has 0 unspecified atom stereocenters. The van der Waals surface area contributed by atoms with E-state index < -0.39 is 0 Å². The predicted octanol–water partition coefficient (Wildman–Crippen LogP) is 3.24. The van der Waals surface area contributed by atoms with Crippen molar-refractivity contribution in [1.82, 2.24) is 10.2 Å². The minimum absolute atomic E-state index is 0.0395. The Morgan fingerprint density at radius 2 is 2.19 bits per heavy atom. The number of ether oxygens (including phenoxy) is 1. The molecule has 2 aliphatic heterocycles. The average Bonchev–Trinajstić information content (AvgIpc) is 3.11. The Labute approximate surface area is 163 Å². The van der Waals surface area contributed by atoms with E-state index in [2.05, 4.69) is 5.32 Å². The van der Waals surface area contributed by atoms with Crippen molar-refractivity contribution >= 4 is 33.4 Å². The fraction of sp³-hybridized carbons (Fsp3) is 0.579. The van der Waals surface area contributed by atoms with Gasteiger partial charge in [0, 0.05) is 42.6 Å². The molecule has 1 atom stereocenters. The van der Waals surface area contributed by atoms with Crippen LogP contribution >= 0.6 is 21.6 Å². The number of nitrogens with one attached hydrogen (secondary N) is 1. The molecular formula is C19H26N2O3S2. The summed E-state index contributed by atoms with van der Waals surface area (Å²) in [5, 5.41) is 3.72. The molecule has 0 bridgehead atoms. The summed E-state index contributed by atoms with van der Waals surface area (Å²) in [6.45, 7) is 1.59. The Hall–Kier alpha value is -1.34. The van der Waals surface area contributed by atoms with Gasteiger partial charge < -0.3 is 15.0 Å². The molecule has 26 heavy (non-hydrogen) atoms. The molecule has 1 aromatic rings. The first-order chi connectivity index (χ1) is 12.7. The van der Waals surface area contributed by atoms with E-state index in [1.165, 1.54) is 18.6 Å². The lowest BCUT2D eigenvalue weighted by molar-refractivity contribution is -0.133. The first-order valence-electron chi connectivity index (χ1n) is 9.26. The fourth-order valence-electron chi connectivity index (χ4n) is 3.14. The highest BCUT2D eigenvalue weighted by atomic mass is 33.1. The van der Waals surface area contributed by atoms with Crippen molar-refractivity contribution < 1.29 is 14.3 Å². The highest BCUT2D eigenvalue weighted by molar-refractivity contribution is 8.77. The number of unbranched alkanes of at least 4 members (excludes halogenated alkanes) is 1. The van der Waals surface area contributed by atoms with E-state index in [4.69, 9.17) is 4.74 Å². The summed E-state index contributed by atoms with van der Waals surface area (Å²) in [7, 11) is 3.96. The number of benzene rings is 1. The molecule has 0 spiro atoms. The molecule has 0 saturated carbocycles. The zero-order chi connectivity index (χ0) is 18.2. The summed E-state index contributed by atoms with van der Waals surface area (Å²) in [6, 6.07) is 7.71. The molecule has 1 fully saturated rings. The number of rotatable bonds is 8. The van der Waals surface area contributed by atoms with Crippen LogP contribution in [0, 0.1) is 0 Å². The van der Waals surface area contributed by atoms with E-state index in [1.807, 2.05) is 45.9 Å². The highest BCUT2D eigenvalue weighted by Crippen LogP contribution is 2.39. The fourth-order valence-corrected chi connectivity index (χ4v) is 6.17. The van der Waals surface area contributed by atoms with Crippen LogP contribution in [0.5, 0.6) is 5.75 Å².